The molecular formula is C15H21BrN2O. The minimum atomic E-state index is 0.135. The van der Waals surface area contributed by atoms with Crippen LogP contribution >= 0.6 is 15.9 Å². The molecule has 1 aliphatic rings. The predicted molar refractivity (Wildman–Crippen MR) is 81.0 cm³/mol. The predicted octanol–water partition coefficient (Wildman–Crippen LogP) is 2.50. The summed E-state index contributed by atoms with van der Waals surface area (Å²) in [5, 5.41) is 6.40. The number of nitrogens with one attached hydrogen (secondary N) is 2. The van der Waals surface area contributed by atoms with Gasteiger partial charge in [0, 0.05) is 17.1 Å². The molecular weight excluding hydrogens is 304 g/mol. The summed E-state index contributed by atoms with van der Waals surface area (Å²) >= 11 is 3.54. The molecule has 0 aromatic heterocycles. The van der Waals surface area contributed by atoms with E-state index in [-0.39, 0.29) is 17.9 Å². The second-order valence-electron chi connectivity index (χ2n) is 5.25. The van der Waals surface area contributed by atoms with E-state index in [1.807, 2.05) is 18.2 Å². The molecule has 1 amide bonds. The van der Waals surface area contributed by atoms with E-state index in [0.717, 1.165) is 36.8 Å². The third-order valence-electron chi connectivity index (χ3n) is 3.54. The second kappa shape index (κ2) is 7.06. The summed E-state index contributed by atoms with van der Waals surface area (Å²) < 4.78 is 1.11. The molecule has 1 saturated heterocycles. The van der Waals surface area contributed by atoms with E-state index in [9.17, 15) is 4.79 Å². The van der Waals surface area contributed by atoms with Crippen molar-refractivity contribution in [1.29, 1.82) is 0 Å². The molecule has 2 atom stereocenters. The van der Waals surface area contributed by atoms with Gasteiger partial charge in [-0.1, -0.05) is 34.1 Å². The minimum absolute atomic E-state index is 0.135. The molecule has 0 radical (unpaired) electrons. The molecule has 1 aromatic carbocycles. The fourth-order valence-electron chi connectivity index (χ4n) is 2.48. The lowest BCUT2D eigenvalue weighted by Crippen LogP contribution is -2.44. The molecule has 104 valence electrons. The van der Waals surface area contributed by atoms with E-state index in [0.29, 0.717) is 0 Å². The fraction of sp³-hybridized carbons (Fsp3) is 0.533. The highest BCUT2D eigenvalue weighted by molar-refractivity contribution is 9.10. The van der Waals surface area contributed by atoms with Gasteiger partial charge in [-0.2, -0.15) is 0 Å². The van der Waals surface area contributed by atoms with Gasteiger partial charge in [0.2, 0.25) is 5.91 Å². The third-order valence-corrected chi connectivity index (χ3v) is 4.31. The molecule has 19 heavy (non-hydrogen) atoms. The van der Waals surface area contributed by atoms with Crippen molar-refractivity contribution < 1.29 is 4.79 Å². The van der Waals surface area contributed by atoms with Gasteiger partial charge in [0.15, 0.2) is 0 Å². The van der Waals surface area contributed by atoms with Crippen LogP contribution in [0.3, 0.4) is 0 Å². The summed E-state index contributed by atoms with van der Waals surface area (Å²) in [5.74, 6) is 0.321. The maximum absolute atomic E-state index is 12.1. The van der Waals surface area contributed by atoms with Crippen LogP contribution in [0.5, 0.6) is 0 Å². The zero-order valence-corrected chi connectivity index (χ0v) is 12.9. The molecule has 2 rings (SSSR count). The van der Waals surface area contributed by atoms with Crippen molar-refractivity contribution in [1.82, 2.24) is 10.6 Å². The zero-order chi connectivity index (χ0) is 13.7. The second-order valence-corrected chi connectivity index (χ2v) is 6.10. The normalized spacial score (nSPS) is 20.8. The lowest BCUT2D eigenvalue weighted by Gasteiger charge is -2.24. The zero-order valence-electron chi connectivity index (χ0n) is 11.3. The maximum Gasteiger partial charge on any atom is 0.224 e. The first-order valence-electron chi connectivity index (χ1n) is 6.91. The van der Waals surface area contributed by atoms with Crippen molar-refractivity contribution in [3.63, 3.8) is 0 Å². The molecule has 0 bridgehead atoms. The van der Waals surface area contributed by atoms with Crippen LogP contribution in [-0.2, 0) is 11.2 Å². The summed E-state index contributed by atoms with van der Waals surface area (Å²) in [4.78, 5) is 12.1. The average molecular weight is 325 g/mol. The molecule has 0 saturated carbocycles. The van der Waals surface area contributed by atoms with Gasteiger partial charge >= 0.3 is 0 Å². The van der Waals surface area contributed by atoms with Crippen molar-refractivity contribution >= 4 is 21.8 Å². The lowest BCUT2D eigenvalue weighted by molar-refractivity contribution is -0.126. The maximum atomic E-state index is 12.1. The Hall–Kier alpha value is -0.870. The molecule has 1 aromatic rings. The van der Waals surface area contributed by atoms with Gasteiger partial charge in [-0.25, -0.2) is 0 Å². The Kier molecular flexibility index (Phi) is 5.40. The summed E-state index contributed by atoms with van der Waals surface area (Å²) in [5.41, 5.74) is 1.23. The number of hydrogen-bond donors (Lipinski definition) is 2. The molecule has 2 N–H and O–H groups in total. The Morgan fingerprint density at radius 3 is 3.00 bits per heavy atom. The number of carbonyl (C=O) groups is 1. The molecule has 0 spiro atoms. The number of hydrogen-bond acceptors (Lipinski definition) is 2. The summed E-state index contributed by atoms with van der Waals surface area (Å²) in [6, 6.07) is 8.32. The summed E-state index contributed by atoms with van der Waals surface area (Å²) in [7, 11) is 0. The molecule has 1 heterocycles. The van der Waals surface area contributed by atoms with E-state index in [1.165, 1.54) is 5.56 Å². The fourth-order valence-corrected chi connectivity index (χ4v) is 2.93. The van der Waals surface area contributed by atoms with Crippen LogP contribution in [-0.4, -0.2) is 25.0 Å². The van der Waals surface area contributed by atoms with Gasteiger partial charge < -0.3 is 10.6 Å². The first-order chi connectivity index (χ1) is 9.16. The molecule has 4 heteroatoms. The number of halogens is 1. The van der Waals surface area contributed by atoms with Gasteiger partial charge in [-0.05, 0) is 44.4 Å². The quantitative estimate of drug-likeness (QED) is 0.893. The highest BCUT2D eigenvalue weighted by Crippen LogP contribution is 2.18. The van der Waals surface area contributed by atoms with Gasteiger partial charge in [0.1, 0.15) is 0 Å². The van der Waals surface area contributed by atoms with Crippen molar-refractivity contribution in [3.05, 3.63) is 34.3 Å². The van der Waals surface area contributed by atoms with E-state index in [4.69, 9.17) is 0 Å². The van der Waals surface area contributed by atoms with E-state index in [2.05, 4.69) is 39.6 Å². The highest BCUT2D eigenvalue weighted by Gasteiger charge is 2.22. The van der Waals surface area contributed by atoms with Crippen LogP contribution in [0.2, 0.25) is 0 Å². The van der Waals surface area contributed by atoms with Crippen molar-refractivity contribution in [2.75, 3.05) is 13.1 Å². The van der Waals surface area contributed by atoms with Gasteiger partial charge in [-0.3, -0.25) is 4.79 Å². The van der Waals surface area contributed by atoms with Crippen molar-refractivity contribution in [3.8, 4) is 0 Å². The number of carbonyl (C=O) groups excluding carboxylic acids is 1. The summed E-state index contributed by atoms with van der Waals surface area (Å²) in [6.45, 7) is 3.91. The first kappa shape index (κ1) is 14.5. The molecule has 2 unspecified atom stereocenters. The monoisotopic (exact) mass is 324 g/mol. The smallest absolute Gasteiger partial charge is 0.224 e. The average Bonchev–Trinajstić information content (AvgIpc) is 2.42. The number of amides is 1. The molecule has 1 fully saturated rings. The van der Waals surface area contributed by atoms with Gasteiger partial charge in [-0.15, -0.1) is 0 Å². The SMILES string of the molecule is CC(Cc1ccccc1Br)NC(=O)C1CCCNC1. The number of benzene rings is 1. The highest BCUT2D eigenvalue weighted by atomic mass is 79.9. The van der Waals surface area contributed by atoms with Crippen molar-refractivity contribution in [2.45, 2.75) is 32.2 Å². The lowest BCUT2D eigenvalue weighted by atomic mass is 9.98. The largest absolute Gasteiger partial charge is 0.353 e. The minimum Gasteiger partial charge on any atom is -0.353 e. The topological polar surface area (TPSA) is 41.1 Å². The van der Waals surface area contributed by atoms with E-state index < -0.39 is 0 Å². The van der Waals surface area contributed by atoms with Crippen LogP contribution in [0, 0.1) is 5.92 Å². The Morgan fingerprint density at radius 2 is 2.32 bits per heavy atom. The van der Waals surface area contributed by atoms with Crippen molar-refractivity contribution in [2.24, 2.45) is 5.92 Å². The van der Waals surface area contributed by atoms with E-state index in [1.54, 1.807) is 0 Å². The third kappa shape index (κ3) is 4.32. The van der Waals surface area contributed by atoms with Crippen LogP contribution in [0.25, 0.3) is 0 Å². The van der Waals surface area contributed by atoms with Crippen LogP contribution in [0.4, 0.5) is 0 Å². The van der Waals surface area contributed by atoms with Gasteiger partial charge in [0.05, 0.1) is 5.92 Å². The number of rotatable bonds is 4. The van der Waals surface area contributed by atoms with Crippen LogP contribution < -0.4 is 10.6 Å². The van der Waals surface area contributed by atoms with E-state index >= 15 is 0 Å². The Labute approximate surface area is 123 Å². The van der Waals surface area contributed by atoms with Crippen LogP contribution in [0.15, 0.2) is 28.7 Å². The Bertz CT molecular complexity index is 430. The Balaban J connectivity index is 1.85. The van der Waals surface area contributed by atoms with Gasteiger partial charge in [0.25, 0.3) is 0 Å². The molecule has 0 aliphatic carbocycles. The molecule has 3 nitrogen and oxygen atoms in total. The first-order valence-corrected chi connectivity index (χ1v) is 7.70. The summed E-state index contributed by atoms with van der Waals surface area (Å²) in [6.07, 6.45) is 2.95. The number of piperidine rings is 1. The molecule has 1 aliphatic heterocycles. The van der Waals surface area contributed by atoms with Crippen LogP contribution in [0.1, 0.15) is 25.3 Å². The standard InChI is InChI=1S/C15H21BrN2O/c1-11(9-12-5-2-3-7-14(12)16)18-15(19)13-6-4-8-17-10-13/h2-3,5,7,11,13,17H,4,6,8-10H2,1H3,(H,18,19). The Morgan fingerprint density at radius 1 is 1.53 bits per heavy atom.